The topological polar surface area (TPSA) is 37.0 Å². The van der Waals surface area contributed by atoms with Gasteiger partial charge in [0, 0.05) is 56.9 Å². The van der Waals surface area contributed by atoms with Crippen LogP contribution in [0.5, 0.6) is 11.5 Å². The van der Waals surface area contributed by atoms with Crippen molar-refractivity contribution >= 4 is 0 Å². The summed E-state index contributed by atoms with van der Waals surface area (Å²) >= 11 is 0. The smallest absolute Gasteiger partial charge is 0.163 e. The molecule has 0 saturated carbocycles. The van der Waals surface area contributed by atoms with Crippen molar-refractivity contribution in [2.45, 2.75) is 19.0 Å². The minimum Gasteiger partial charge on any atom is -0.493 e. The van der Waals surface area contributed by atoms with Crippen LogP contribution in [0.2, 0.25) is 0 Å². The third-order valence-corrected chi connectivity index (χ3v) is 4.90. The number of nitrogens with zero attached hydrogens (tertiary/aromatic N) is 2. The molecule has 2 heterocycles. The van der Waals surface area contributed by atoms with E-state index in [-0.39, 0.29) is 5.82 Å². The van der Waals surface area contributed by atoms with E-state index >= 15 is 0 Å². The Morgan fingerprint density at radius 2 is 1.83 bits per heavy atom. The normalized spacial score (nSPS) is 23.2. The number of halogens is 1. The fourth-order valence-electron chi connectivity index (χ4n) is 3.50. The lowest BCUT2D eigenvalue weighted by Gasteiger charge is -2.37. The second-order valence-corrected chi connectivity index (χ2v) is 6.26. The first-order valence-electron chi connectivity index (χ1n) is 8.28. The molecule has 23 heavy (non-hydrogen) atoms. The van der Waals surface area contributed by atoms with E-state index in [0.717, 1.165) is 39.3 Å². The van der Waals surface area contributed by atoms with Crippen molar-refractivity contribution in [1.82, 2.24) is 15.1 Å². The maximum absolute atomic E-state index is 14.2. The van der Waals surface area contributed by atoms with Crippen LogP contribution in [-0.4, -0.2) is 69.3 Å². The van der Waals surface area contributed by atoms with Gasteiger partial charge < -0.3 is 14.8 Å². The Morgan fingerprint density at radius 3 is 2.43 bits per heavy atom. The minimum atomic E-state index is -0.231. The highest BCUT2D eigenvalue weighted by Crippen LogP contribution is 2.30. The summed E-state index contributed by atoms with van der Waals surface area (Å²) in [6.45, 7) is 6.91. The van der Waals surface area contributed by atoms with Gasteiger partial charge in [-0.1, -0.05) is 0 Å². The second-order valence-electron chi connectivity index (χ2n) is 6.26. The lowest BCUT2D eigenvalue weighted by atomic mass is 10.1. The quantitative estimate of drug-likeness (QED) is 0.885. The van der Waals surface area contributed by atoms with Crippen LogP contribution >= 0.6 is 0 Å². The van der Waals surface area contributed by atoms with Crippen LogP contribution in [-0.2, 0) is 6.54 Å². The summed E-state index contributed by atoms with van der Waals surface area (Å²) in [4.78, 5) is 4.87. The van der Waals surface area contributed by atoms with Crippen LogP contribution in [0.4, 0.5) is 4.39 Å². The summed E-state index contributed by atoms with van der Waals surface area (Å²) in [5.74, 6) is 0.789. The first kappa shape index (κ1) is 16.5. The molecule has 2 aliphatic heterocycles. The van der Waals surface area contributed by atoms with E-state index < -0.39 is 0 Å². The van der Waals surface area contributed by atoms with Gasteiger partial charge in [-0.25, -0.2) is 4.39 Å². The van der Waals surface area contributed by atoms with E-state index in [1.54, 1.807) is 13.2 Å². The Hall–Kier alpha value is -1.37. The molecule has 0 radical (unpaired) electrons. The van der Waals surface area contributed by atoms with E-state index in [4.69, 9.17) is 9.47 Å². The Morgan fingerprint density at radius 1 is 1.13 bits per heavy atom. The SMILES string of the molecule is COc1cc(F)c(CN2CCN(C3CCNC3)CC2)cc1OC. The summed E-state index contributed by atoms with van der Waals surface area (Å²) < 4.78 is 24.7. The van der Waals surface area contributed by atoms with Crippen molar-refractivity contribution < 1.29 is 13.9 Å². The Bertz CT molecular complexity index is 527. The standard InChI is InChI=1S/C17H26FN3O2/c1-22-16-9-13(15(18)10-17(16)23-2)12-20-5-7-21(8-6-20)14-3-4-19-11-14/h9-10,14,19H,3-8,11-12H2,1-2H3. The molecule has 0 aromatic heterocycles. The van der Waals surface area contributed by atoms with Gasteiger partial charge in [-0.3, -0.25) is 9.80 Å². The van der Waals surface area contributed by atoms with Gasteiger partial charge in [-0.2, -0.15) is 0 Å². The Balaban J connectivity index is 1.60. The molecule has 0 amide bonds. The van der Waals surface area contributed by atoms with Gasteiger partial charge >= 0.3 is 0 Å². The van der Waals surface area contributed by atoms with Crippen LogP contribution in [0.1, 0.15) is 12.0 Å². The number of hydrogen-bond acceptors (Lipinski definition) is 5. The maximum Gasteiger partial charge on any atom is 0.163 e. The largest absolute Gasteiger partial charge is 0.493 e. The lowest BCUT2D eigenvalue weighted by Crippen LogP contribution is -2.50. The van der Waals surface area contributed by atoms with Crippen LogP contribution in [0.25, 0.3) is 0 Å². The average molecular weight is 323 g/mol. The zero-order chi connectivity index (χ0) is 16.2. The Kier molecular flexibility index (Phi) is 5.35. The number of benzene rings is 1. The summed E-state index contributed by atoms with van der Waals surface area (Å²) in [5, 5.41) is 3.42. The third-order valence-electron chi connectivity index (χ3n) is 4.90. The fraction of sp³-hybridized carbons (Fsp3) is 0.647. The van der Waals surface area contributed by atoms with E-state index in [9.17, 15) is 4.39 Å². The summed E-state index contributed by atoms with van der Waals surface area (Å²) in [7, 11) is 3.10. The van der Waals surface area contributed by atoms with Crippen molar-refractivity contribution in [2.75, 3.05) is 53.5 Å². The first-order chi connectivity index (χ1) is 11.2. The molecule has 1 aromatic rings. The van der Waals surface area contributed by atoms with Crippen molar-refractivity contribution in [3.8, 4) is 11.5 Å². The number of hydrogen-bond donors (Lipinski definition) is 1. The molecule has 6 heteroatoms. The number of nitrogens with one attached hydrogen (secondary N) is 1. The van der Waals surface area contributed by atoms with Gasteiger partial charge in [0.05, 0.1) is 14.2 Å². The van der Waals surface area contributed by atoms with Gasteiger partial charge in [-0.15, -0.1) is 0 Å². The van der Waals surface area contributed by atoms with Crippen molar-refractivity contribution in [3.05, 3.63) is 23.5 Å². The minimum absolute atomic E-state index is 0.231. The highest BCUT2D eigenvalue weighted by molar-refractivity contribution is 5.43. The molecule has 0 spiro atoms. The molecular formula is C17H26FN3O2. The zero-order valence-corrected chi connectivity index (χ0v) is 14.0. The molecule has 5 nitrogen and oxygen atoms in total. The predicted octanol–water partition coefficient (Wildman–Crippen LogP) is 1.32. The molecule has 2 saturated heterocycles. The highest BCUT2D eigenvalue weighted by Gasteiger charge is 2.26. The molecule has 2 aliphatic rings. The van der Waals surface area contributed by atoms with E-state index in [2.05, 4.69) is 15.1 Å². The van der Waals surface area contributed by atoms with Crippen molar-refractivity contribution in [2.24, 2.45) is 0 Å². The highest BCUT2D eigenvalue weighted by atomic mass is 19.1. The molecule has 3 rings (SSSR count). The molecular weight excluding hydrogens is 297 g/mol. The molecule has 0 bridgehead atoms. The van der Waals surface area contributed by atoms with E-state index in [1.807, 2.05) is 0 Å². The molecule has 1 N–H and O–H groups in total. The number of piperazine rings is 1. The first-order valence-corrected chi connectivity index (χ1v) is 8.28. The zero-order valence-electron chi connectivity index (χ0n) is 14.0. The van der Waals surface area contributed by atoms with Crippen molar-refractivity contribution in [1.29, 1.82) is 0 Å². The van der Waals surface area contributed by atoms with Gasteiger partial charge in [-0.05, 0) is 19.0 Å². The molecule has 1 unspecified atom stereocenters. The molecule has 128 valence electrons. The lowest BCUT2D eigenvalue weighted by molar-refractivity contribution is 0.0973. The van der Waals surface area contributed by atoms with Gasteiger partial charge in [0.25, 0.3) is 0 Å². The summed E-state index contributed by atoms with van der Waals surface area (Å²) in [6, 6.07) is 3.84. The third kappa shape index (κ3) is 3.76. The van der Waals surface area contributed by atoms with Gasteiger partial charge in [0.2, 0.25) is 0 Å². The van der Waals surface area contributed by atoms with Crippen molar-refractivity contribution in [3.63, 3.8) is 0 Å². The Labute approximate surface area is 137 Å². The molecule has 1 atom stereocenters. The fourth-order valence-corrected chi connectivity index (χ4v) is 3.50. The van der Waals surface area contributed by atoms with Gasteiger partial charge in [0.15, 0.2) is 11.5 Å². The second kappa shape index (κ2) is 7.47. The van der Waals surface area contributed by atoms with Gasteiger partial charge in [0.1, 0.15) is 5.82 Å². The monoisotopic (exact) mass is 323 g/mol. The van der Waals surface area contributed by atoms with Crippen LogP contribution in [0.15, 0.2) is 12.1 Å². The number of ether oxygens (including phenoxy) is 2. The molecule has 0 aliphatic carbocycles. The van der Waals surface area contributed by atoms with Crippen LogP contribution in [0.3, 0.4) is 0 Å². The molecule has 1 aromatic carbocycles. The number of methoxy groups -OCH3 is 2. The molecule has 2 fully saturated rings. The van der Waals surface area contributed by atoms with Crippen LogP contribution in [0, 0.1) is 5.82 Å². The maximum atomic E-state index is 14.2. The van der Waals surface area contributed by atoms with E-state index in [0.29, 0.717) is 29.6 Å². The van der Waals surface area contributed by atoms with E-state index in [1.165, 1.54) is 19.6 Å². The summed E-state index contributed by atoms with van der Waals surface area (Å²) in [6.07, 6.45) is 1.24. The summed E-state index contributed by atoms with van der Waals surface area (Å²) in [5.41, 5.74) is 0.665. The predicted molar refractivity (Wildman–Crippen MR) is 87.6 cm³/mol. The van der Waals surface area contributed by atoms with Crippen LogP contribution < -0.4 is 14.8 Å². The average Bonchev–Trinajstić information content (AvgIpc) is 3.11. The number of rotatable bonds is 5.